The van der Waals surface area contributed by atoms with Crippen LogP contribution in [-0.4, -0.2) is 42.4 Å². The van der Waals surface area contributed by atoms with Gasteiger partial charge >= 0.3 is 0 Å². The van der Waals surface area contributed by atoms with Crippen LogP contribution in [0.15, 0.2) is 29.2 Å². The first kappa shape index (κ1) is 17.8. The maximum Gasteiger partial charge on any atom is 0.254 e. The van der Waals surface area contributed by atoms with E-state index in [0.717, 1.165) is 54.4 Å². The zero-order valence-electron chi connectivity index (χ0n) is 14.9. The predicted octanol–water partition coefficient (Wildman–Crippen LogP) is 4.61. The van der Waals surface area contributed by atoms with Crippen LogP contribution in [0, 0.1) is 5.92 Å². The van der Waals surface area contributed by atoms with Crippen LogP contribution >= 0.6 is 11.8 Å². The van der Waals surface area contributed by atoms with E-state index in [-0.39, 0.29) is 5.91 Å². The molecule has 1 aliphatic carbocycles. The summed E-state index contributed by atoms with van der Waals surface area (Å²) in [5.41, 5.74) is 0.849. The van der Waals surface area contributed by atoms with E-state index in [9.17, 15) is 4.79 Å². The normalized spacial score (nSPS) is 27.2. The molecule has 24 heavy (non-hydrogen) atoms. The summed E-state index contributed by atoms with van der Waals surface area (Å²) in [6.07, 6.45) is 7.38. The van der Waals surface area contributed by atoms with Crippen molar-refractivity contribution in [3.8, 4) is 0 Å². The van der Waals surface area contributed by atoms with Crippen molar-refractivity contribution in [2.75, 3.05) is 19.4 Å². The summed E-state index contributed by atoms with van der Waals surface area (Å²) < 4.78 is 5.71. The number of carbonyl (C=O) groups excluding carboxylic acids is 1. The summed E-state index contributed by atoms with van der Waals surface area (Å²) in [7, 11) is 1.98. The Kier molecular flexibility index (Phi) is 6.23. The molecule has 0 bridgehead atoms. The summed E-state index contributed by atoms with van der Waals surface area (Å²) >= 11 is 1.76. The topological polar surface area (TPSA) is 29.5 Å². The second-order valence-corrected chi connectivity index (χ2v) is 8.33. The smallest absolute Gasteiger partial charge is 0.254 e. The van der Waals surface area contributed by atoms with Gasteiger partial charge in [-0.15, -0.1) is 11.8 Å². The minimum absolute atomic E-state index is 0.171. The van der Waals surface area contributed by atoms with Gasteiger partial charge in [-0.2, -0.15) is 0 Å². The molecule has 1 heterocycles. The van der Waals surface area contributed by atoms with Gasteiger partial charge in [-0.25, -0.2) is 0 Å². The van der Waals surface area contributed by atoms with E-state index in [4.69, 9.17) is 4.74 Å². The van der Waals surface area contributed by atoms with Crippen LogP contribution < -0.4 is 0 Å². The molecule has 1 aromatic rings. The molecule has 1 atom stereocenters. The fraction of sp³-hybridized carbons (Fsp3) is 0.650. The first-order valence-electron chi connectivity index (χ1n) is 9.25. The lowest BCUT2D eigenvalue weighted by Crippen LogP contribution is -2.39. The number of nitrogens with zero attached hydrogens (tertiary/aromatic N) is 1. The number of rotatable bonds is 5. The maximum atomic E-state index is 13.0. The molecule has 0 spiro atoms. The van der Waals surface area contributed by atoms with E-state index in [1.165, 1.54) is 12.8 Å². The van der Waals surface area contributed by atoms with E-state index in [0.29, 0.717) is 12.1 Å². The number of amides is 1. The summed E-state index contributed by atoms with van der Waals surface area (Å²) in [5, 5.41) is 0. The van der Waals surface area contributed by atoms with Crippen LogP contribution in [0.2, 0.25) is 0 Å². The Labute approximate surface area is 150 Å². The monoisotopic (exact) mass is 347 g/mol. The molecule has 2 fully saturated rings. The van der Waals surface area contributed by atoms with Crippen molar-refractivity contribution in [1.82, 2.24) is 4.90 Å². The Morgan fingerprint density at radius 1 is 1.21 bits per heavy atom. The Hall–Kier alpha value is -1.00. The van der Waals surface area contributed by atoms with Crippen LogP contribution in [0.5, 0.6) is 0 Å². The third-order valence-corrected chi connectivity index (χ3v) is 6.63. The Morgan fingerprint density at radius 2 is 1.96 bits per heavy atom. The lowest BCUT2D eigenvalue weighted by atomic mass is 9.86. The minimum Gasteiger partial charge on any atom is -0.377 e. The second kappa shape index (κ2) is 8.39. The number of benzene rings is 1. The van der Waals surface area contributed by atoms with E-state index in [1.807, 2.05) is 30.1 Å². The van der Waals surface area contributed by atoms with Gasteiger partial charge in [0.05, 0.1) is 11.7 Å². The van der Waals surface area contributed by atoms with E-state index in [2.05, 4.69) is 13.0 Å². The molecule has 132 valence electrons. The van der Waals surface area contributed by atoms with Gasteiger partial charge in [0, 0.05) is 30.3 Å². The Morgan fingerprint density at radius 3 is 2.67 bits per heavy atom. The molecular formula is C20H29NO2S. The molecular weight excluding hydrogens is 318 g/mol. The average molecular weight is 348 g/mol. The molecule has 3 nitrogen and oxygen atoms in total. The fourth-order valence-corrected chi connectivity index (χ4v) is 4.83. The van der Waals surface area contributed by atoms with Gasteiger partial charge in [0.15, 0.2) is 0 Å². The number of hydrogen-bond acceptors (Lipinski definition) is 3. The van der Waals surface area contributed by atoms with E-state index < -0.39 is 0 Å². The zero-order chi connectivity index (χ0) is 16.9. The van der Waals surface area contributed by atoms with Gasteiger partial charge in [-0.05, 0) is 56.6 Å². The highest BCUT2D eigenvalue weighted by Gasteiger charge is 2.27. The molecule has 1 saturated heterocycles. The van der Waals surface area contributed by atoms with Gasteiger partial charge in [0.25, 0.3) is 5.91 Å². The lowest BCUT2D eigenvalue weighted by Gasteiger charge is -2.34. The molecule has 0 N–H and O–H groups in total. The van der Waals surface area contributed by atoms with Crippen molar-refractivity contribution in [2.45, 2.75) is 62.5 Å². The first-order chi connectivity index (χ1) is 11.6. The third kappa shape index (κ3) is 4.34. The van der Waals surface area contributed by atoms with Crippen LogP contribution in [0.3, 0.4) is 0 Å². The van der Waals surface area contributed by atoms with Crippen LogP contribution in [0.25, 0.3) is 0 Å². The molecule has 1 amide bonds. The molecule has 1 aliphatic heterocycles. The lowest BCUT2D eigenvalue weighted by molar-refractivity contribution is 0.0676. The molecule has 1 saturated carbocycles. The summed E-state index contributed by atoms with van der Waals surface area (Å²) in [6, 6.07) is 8.44. The third-order valence-electron chi connectivity index (χ3n) is 5.42. The van der Waals surface area contributed by atoms with Gasteiger partial charge in [-0.3, -0.25) is 4.79 Å². The highest BCUT2D eigenvalue weighted by molar-refractivity contribution is 7.99. The quantitative estimate of drug-likeness (QED) is 0.729. The number of thioether (sulfide) groups is 1. The molecule has 1 aromatic carbocycles. The largest absolute Gasteiger partial charge is 0.377 e. The summed E-state index contributed by atoms with van der Waals surface area (Å²) in [5.74, 6) is 1.92. The number of hydrogen-bond donors (Lipinski definition) is 0. The van der Waals surface area contributed by atoms with Crippen molar-refractivity contribution >= 4 is 17.7 Å². The zero-order valence-corrected chi connectivity index (χ0v) is 15.7. The van der Waals surface area contributed by atoms with Crippen LogP contribution in [0.4, 0.5) is 0 Å². The highest BCUT2D eigenvalue weighted by Crippen LogP contribution is 2.30. The number of carbonyl (C=O) groups is 1. The Balaban J connectivity index is 1.65. The predicted molar refractivity (Wildman–Crippen MR) is 99.7 cm³/mol. The van der Waals surface area contributed by atoms with Gasteiger partial charge in [0.2, 0.25) is 0 Å². The van der Waals surface area contributed by atoms with Gasteiger partial charge in [0.1, 0.15) is 0 Å². The standard InChI is InChI=1S/C20H29NO2S/c1-15-9-11-16(12-10-15)21(2)20(22)18-7-3-4-8-19(18)24-14-17-6-5-13-23-17/h3-4,7-8,15-17H,5-6,9-14H2,1-2H3. The Bertz CT molecular complexity index is 548. The molecule has 0 radical (unpaired) electrons. The maximum absolute atomic E-state index is 13.0. The van der Waals surface area contributed by atoms with Crippen molar-refractivity contribution in [3.05, 3.63) is 29.8 Å². The fourth-order valence-electron chi connectivity index (χ4n) is 3.71. The summed E-state index contributed by atoms with van der Waals surface area (Å²) in [4.78, 5) is 16.1. The SMILES string of the molecule is CC1CCC(N(C)C(=O)c2ccccc2SCC2CCCO2)CC1. The molecule has 4 heteroatoms. The van der Waals surface area contributed by atoms with Crippen molar-refractivity contribution in [3.63, 3.8) is 0 Å². The van der Waals surface area contributed by atoms with E-state index in [1.54, 1.807) is 11.8 Å². The van der Waals surface area contributed by atoms with Gasteiger partial charge < -0.3 is 9.64 Å². The molecule has 2 aliphatic rings. The molecule has 1 unspecified atom stereocenters. The minimum atomic E-state index is 0.171. The first-order valence-corrected chi connectivity index (χ1v) is 10.2. The second-order valence-electron chi connectivity index (χ2n) is 7.27. The summed E-state index contributed by atoms with van der Waals surface area (Å²) in [6.45, 7) is 3.20. The molecule has 0 aromatic heterocycles. The van der Waals surface area contributed by atoms with Crippen molar-refractivity contribution in [2.24, 2.45) is 5.92 Å². The van der Waals surface area contributed by atoms with Crippen LogP contribution in [-0.2, 0) is 4.74 Å². The van der Waals surface area contributed by atoms with E-state index >= 15 is 0 Å². The molecule has 3 rings (SSSR count). The van der Waals surface area contributed by atoms with Gasteiger partial charge in [-0.1, -0.05) is 19.1 Å². The average Bonchev–Trinajstić information content (AvgIpc) is 3.13. The number of ether oxygens (including phenoxy) is 1. The van der Waals surface area contributed by atoms with Crippen molar-refractivity contribution in [1.29, 1.82) is 0 Å². The highest BCUT2D eigenvalue weighted by atomic mass is 32.2. The van der Waals surface area contributed by atoms with Crippen LogP contribution in [0.1, 0.15) is 55.8 Å². The van der Waals surface area contributed by atoms with Crippen molar-refractivity contribution < 1.29 is 9.53 Å².